The summed E-state index contributed by atoms with van der Waals surface area (Å²) in [5.41, 5.74) is 2.60. The summed E-state index contributed by atoms with van der Waals surface area (Å²) >= 11 is 0. The monoisotopic (exact) mass is 262 g/mol. The van der Waals surface area contributed by atoms with E-state index in [0.717, 1.165) is 24.5 Å². The number of hydrogen-bond acceptors (Lipinski definition) is 1. The highest BCUT2D eigenvalue weighted by atomic mass is 19.2. The van der Waals surface area contributed by atoms with Crippen LogP contribution in [0.15, 0.2) is 36.4 Å². The molecule has 0 aliphatic rings. The molecular weight excluding hydrogens is 246 g/mol. The third-order valence-corrected chi connectivity index (χ3v) is 3.06. The Hall–Kier alpha value is -1.90. The minimum atomic E-state index is -0.947. The third kappa shape index (κ3) is 2.75. The Morgan fingerprint density at radius 3 is 2.26 bits per heavy atom. The molecule has 1 nitrogen and oxygen atoms in total. The molecule has 2 aromatic rings. The second-order valence-corrected chi connectivity index (χ2v) is 4.39. The van der Waals surface area contributed by atoms with Crippen molar-refractivity contribution in [3.63, 3.8) is 0 Å². The highest BCUT2D eigenvalue weighted by molar-refractivity contribution is 5.71. The van der Waals surface area contributed by atoms with Crippen molar-refractivity contribution in [2.24, 2.45) is 0 Å². The van der Waals surface area contributed by atoms with E-state index in [-0.39, 0.29) is 5.75 Å². The zero-order valence-corrected chi connectivity index (χ0v) is 11.0. The summed E-state index contributed by atoms with van der Waals surface area (Å²) in [5.74, 6) is -1.90. The molecule has 2 rings (SSSR count). The Bertz CT molecular complexity index is 562. The van der Waals surface area contributed by atoms with Gasteiger partial charge < -0.3 is 4.74 Å². The van der Waals surface area contributed by atoms with Gasteiger partial charge in [0.15, 0.2) is 11.6 Å². The minimum Gasteiger partial charge on any atom is -0.493 e. The number of aryl methyl sites for hydroxylation is 1. The van der Waals surface area contributed by atoms with E-state index in [1.165, 1.54) is 18.7 Å². The average molecular weight is 262 g/mol. The minimum absolute atomic E-state index is 0.0526. The van der Waals surface area contributed by atoms with Gasteiger partial charge >= 0.3 is 0 Å². The normalized spacial score (nSPS) is 10.5. The maximum Gasteiger partial charge on any atom is 0.201 e. The van der Waals surface area contributed by atoms with Gasteiger partial charge in [0.25, 0.3) is 0 Å². The van der Waals surface area contributed by atoms with E-state index in [2.05, 4.69) is 6.92 Å². The maximum atomic E-state index is 13.6. The fraction of sp³-hybridized carbons (Fsp3) is 0.250. The number of ether oxygens (including phenoxy) is 1. The van der Waals surface area contributed by atoms with E-state index in [9.17, 15) is 8.78 Å². The standard InChI is InChI=1S/C16H16F2O/c1-3-4-11-5-7-12(8-6-11)13-9-10-14(17)15(18)16(13)19-2/h5-10H,3-4H2,1-2H3. The SMILES string of the molecule is CCCc1ccc(-c2ccc(F)c(F)c2OC)cc1. The summed E-state index contributed by atoms with van der Waals surface area (Å²) in [4.78, 5) is 0. The molecule has 0 saturated heterocycles. The van der Waals surface area contributed by atoms with Crippen molar-refractivity contribution in [3.8, 4) is 16.9 Å². The molecule has 0 N–H and O–H groups in total. The first-order valence-corrected chi connectivity index (χ1v) is 6.28. The largest absolute Gasteiger partial charge is 0.493 e. The van der Waals surface area contributed by atoms with Crippen molar-refractivity contribution < 1.29 is 13.5 Å². The van der Waals surface area contributed by atoms with Crippen LogP contribution in [0.1, 0.15) is 18.9 Å². The van der Waals surface area contributed by atoms with Crippen molar-refractivity contribution in [2.45, 2.75) is 19.8 Å². The van der Waals surface area contributed by atoms with Crippen LogP contribution < -0.4 is 4.74 Å². The number of methoxy groups -OCH3 is 1. The highest BCUT2D eigenvalue weighted by Crippen LogP contribution is 2.33. The first kappa shape index (κ1) is 13.5. The van der Waals surface area contributed by atoms with Gasteiger partial charge in [0.05, 0.1) is 7.11 Å². The molecule has 0 aliphatic heterocycles. The first-order valence-electron chi connectivity index (χ1n) is 6.28. The third-order valence-electron chi connectivity index (χ3n) is 3.06. The fourth-order valence-corrected chi connectivity index (χ4v) is 2.10. The van der Waals surface area contributed by atoms with E-state index >= 15 is 0 Å². The lowest BCUT2D eigenvalue weighted by Gasteiger charge is -2.10. The first-order chi connectivity index (χ1) is 9.17. The van der Waals surface area contributed by atoms with Crippen molar-refractivity contribution in [2.75, 3.05) is 7.11 Å². The molecule has 3 heteroatoms. The van der Waals surface area contributed by atoms with Gasteiger partial charge in [0, 0.05) is 5.56 Å². The van der Waals surface area contributed by atoms with Gasteiger partial charge in [-0.25, -0.2) is 4.39 Å². The smallest absolute Gasteiger partial charge is 0.201 e. The van der Waals surface area contributed by atoms with Crippen molar-refractivity contribution >= 4 is 0 Å². The van der Waals surface area contributed by atoms with Crippen molar-refractivity contribution in [3.05, 3.63) is 53.6 Å². The Labute approximate surface area is 111 Å². The van der Waals surface area contributed by atoms with E-state index in [1.807, 2.05) is 24.3 Å². The lowest BCUT2D eigenvalue weighted by Crippen LogP contribution is -1.95. The van der Waals surface area contributed by atoms with Gasteiger partial charge in [-0.05, 0) is 29.7 Å². The summed E-state index contributed by atoms with van der Waals surface area (Å²) in [6.07, 6.45) is 2.09. The molecule has 0 radical (unpaired) electrons. The van der Waals surface area contributed by atoms with Crippen molar-refractivity contribution in [1.82, 2.24) is 0 Å². The Morgan fingerprint density at radius 2 is 1.68 bits per heavy atom. The summed E-state index contributed by atoms with van der Waals surface area (Å²) in [6, 6.07) is 10.5. The van der Waals surface area contributed by atoms with Crippen LogP contribution in [0.5, 0.6) is 5.75 Å². The molecule has 0 spiro atoms. The Morgan fingerprint density at radius 1 is 1.00 bits per heavy atom. The predicted octanol–water partition coefficient (Wildman–Crippen LogP) is 4.59. The van der Waals surface area contributed by atoms with Crippen LogP contribution in [0.25, 0.3) is 11.1 Å². The predicted molar refractivity (Wildman–Crippen MR) is 72.3 cm³/mol. The molecule has 0 saturated carbocycles. The Kier molecular flexibility index (Phi) is 4.15. The van der Waals surface area contributed by atoms with Gasteiger partial charge in [-0.1, -0.05) is 37.6 Å². The molecular formula is C16H16F2O. The van der Waals surface area contributed by atoms with Crippen LogP contribution in [0.2, 0.25) is 0 Å². The molecule has 0 heterocycles. The summed E-state index contributed by atoms with van der Waals surface area (Å²) in [5, 5.41) is 0. The molecule has 0 fully saturated rings. The number of hydrogen-bond donors (Lipinski definition) is 0. The second-order valence-electron chi connectivity index (χ2n) is 4.39. The number of halogens is 2. The van der Waals surface area contributed by atoms with Gasteiger partial charge in [0.1, 0.15) is 0 Å². The molecule has 0 aromatic heterocycles. The highest BCUT2D eigenvalue weighted by Gasteiger charge is 2.15. The second kappa shape index (κ2) is 5.83. The molecule has 19 heavy (non-hydrogen) atoms. The van der Waals surface area contributed by atoms with Gasteiger partial charge in [-0.15, -0.1) is 0 Å². The average Bonchev–Trinajstić information content (AvgIpc) is 2.43. The van der Waals surface area contributed by atoms with Crippen LogP contribution in [0.4, 0.5) is 8.78 Å². The molecule has 0 unspecified atom stereocenters. The molecule has 0 amide bonds. The van der Waals surface area contributed by atoms with Crippen LogP contribution in [-0.2, 0) is 6.42 Å². The van der Waals surface area contributed by atoms with Crippen LogP contribution in [0, 0.1) is 11.6 Å². The topological polar surface area (TPSA) is 9.23 Å². The quantitative estimate of drug-likeness (QED) is 0.782. The van der Waals surface area contributed by atoms with E-state index < -0.39 is 11.6 Å². The number of rotatable bonds is 4. The summed E-state index contributed by atoms with van der Waals surface area (Å²) in [7, 11) is 1.34. The molecule has 0 atom stereocenters. The lowest BCUT2D eigenvalue weighted by atomic mass is 10.0. The Balaban J connectivity index is 2.44. The molecule has 0 bridgehead atoms. The number of benzene rings is 2. The zero-order chi connectivity index (χ0) is 13.8. The van der Waals surface area contributed by atoms with Crippen LogP contribution in [-0.4, -0.2) is 7.11 Å². The van der Waals surface area contributed by atoms with E-state index in [0.29, 0.717) is 5.56 Å². The van der Waals surface area contributed by atoms with Gasteiger partial charge in [0.2, 0.25) is 5.82 Å². The molecule has 100 valence electrons. The van der Waals surface area contributed by atoms with Crippen LogP contribution >= 0.6 is 0 Å². The van der Waals surface area contributed by atoms with Gasteiger partial charge in [-0.2, -0.15) is 4.39 Å². The van der Waals surface area contributed by atoms with Crippen LogP contribution in [0.3, 0.4) is 0 Å². The van der Waals surface area contributed by atoms with Crippen molar-refractivity contribution in [1.29, 1.82) is 0 Å². The summed E-state index contributed by atoms with van der Waals surface area (Å²) in [6.45, 7) is 2.12. The maximum absolute atomic E-state index is 13.6. The zero-order valence-electron chi connectivity index (χ0n) is 11.0. The summed E-state index contributed by atoms with van der Waals surface area (Å²) < 4.78 is 31.8. The van der Waals surface area contributed by atoms with E-state index in [4.69, 9.17) is 4.74 Å². The fourth-order valence-electron chi connectivity index (χ4n) is 2.10. The lowest BCUT2D eigenvalue weighted by molar-refractivity contribution is 0.373. The molecule has 0 aliphatic carbocycles. The van der Waals surface area contributed by atoms with E-state index in [1.54, 1.807) is 0 Å². The van der Waals surface area contributed by atoms with Gasteiger partial charge in [-0.3, -0.25) is 0 Å². The molecule has 2 aromatic carbocycles.